The van der Waals surface area contributed by atoms with Crippen molar-refractivity contribution in [2.45, 2.75) is 32.8 Å². The number of hydrogen-bond donors (Lipinski definition) is 2. The summed E-state index contributed by atoms with van der Waals surface area (Å²) in [4.78, 5) is 11.9. The molecule has 118 valence electrons. The molecule has 1 aromatic carbocycles. The average molecular weight is 301 g/mol. The number of aliphatic hydroxyl groups is 1. The normalized spacial score (nSPS) is 12.2. The van der Waals surface area contributed by atoms with Gasteiger partial charge < -0.3 is 10.4 Å². The number of carbonyl (C=O) groups excluding carboxylic acids is 1. The van der Waals surface area contributed by atoms with Crippen molar-refractivity contribution in [2.24, 2.45) is 7.05 Å². The molecule has 1 aromatic heterocycles. The Hall–Kier alpha value is -2.14. The van der Waals surface area contributed by atoms with E-state index in [0.717, 1.165) is 24.2 Å². The van der Waals surface area contributed by atoms with Gasteiger partial charge in [-0.05, 0) is 37.8 Å². The maximum Gasteiger partial charge on any atom is 0.253 e. The molecule has 0 fully saturated rings. The maximum absolute atomic E-state index is 11.9. The summed E-state index contributed by atoms with van der Waals surface area (Å²) < 4.78 is 1.88. The Morgan fingerprint density at radius 3 is 2.59 bits per heavy atom. The van der Waals surface area contributed by atoms with Crippen LogP contribution in [0, 0.1) is 13.8 Å². The molecule has 0 bridgehead atoms. The van der Waals surface area contributed by atoms with Crippen LogP contribution in [0.2, 0.25) is 0 Å². The molecule has 0 spiro atoms. The van der Waals surface area contributed by atoms with Gasteiger partial charge in [-0.15, -0.1) is 0 Å². The Bertz CT molecular complexity index is 635. The first-order chi connectivity index (χ1) is 10.5. The topological polar surface area (TPSA) is 67.2 Å². The van der Waals surface area contributed by atoms with Crippen LogP contribution >= 0.6 is 0 Å². The molecule has 22 heavy (non-hydrogen) atoms. The summed E-state index contributed by atoms with van der Waals surface area (Å²) in [6, 6.07) is 8.95. The molecule has 0 aliphatic carbocycles. The molecule has 0 saturated carbocycles. The summed E-state index contributed by atoms with van der Waals surface area (Å²) in [7, 11) is 1.93. The minimum Gasteiger partial charge on any atom is -0.378 e. The minimum atomic E-state index is -1.11. The lowest BCUT2D eigenvalue weighted by Crippen LogP contribution is -2.30. The van der Waals surface area contributed by atoms with Gasteiger partial charge in [0.05, 0.1) is 5.69 Å². The lowest BCUT2D eigenvalue weighted by atomic mass is 10.1. The zero-order chi connectivity index (χ0) is 16.1. The fourth-order valence-electron chi connectivity index (χ4n) is 2.54. The van der Waals surface area contributed by atoms with Crippen LogP contribution in [0.15, 0.2) is 30.3 Å². The van der Waals surface area contributed by atoms with Crippen molar-refractivity contribution in [3.05, 3.63) is 52.8 Å². The molecule has 5 heteroatoms. The van der Waals surface area contributed by atoms with Crippen molar-refractivity contribution in [3.63, 3.8) is 0 Å². The molecule has 2 N–H and O–H groups in total. The molecular weight excluding hydrogens is 278 g/mol. The van der Waals surface area contributed by atoms with Gasteiger partial charge in [-0.1, -0.05) is 30.3 Å². The quantitative estimate of drug-likeness (QED) is 0.800. The van der Waals surface area contributed by atoms with Crippen molar-refractivity contribution in [2.75, 3.05) is 6.54 Å². The third kappa shape index (κ3) is 3.74. The highest BCUT2D eigenvalue weighted by molar-refractivity contribution is 5.81. The Balaban J connectivity index is 1.80. The SMILES string of the molecule is Cc1nn(C)c(C)c1CCCNC(=O)[C@@H](O)c1ccccc1. The Morgan fingerprint density at radius 2 is 2.00 bits per heavy atom. The molecule has 0 aliphatic heterocycles. The van der Waals surface area contributed by atoms with Gasteiger partial charge in [0.2, 0.25) is 0 Å². The minimum absolute atomic E-state index is 0.356. The fraction of sp³-hybridized carbons (Fsp3) is 0.412. The van der Waals surface area contributed by atoms with Crippen LogP contribution in [-0.4, -0.2) is 27.3 Å². The Morgan fingerprint density at radius 1 is 1.32 bits per heavy atom. The van der Waals surface area contributed by atoms with E-state index in [4.69, 9.17) is 0 Å². The number of aliphatic hydroxyl groups excluding tert-OH is 1. The smallest absolute Gasteiger partial charge is 0.253 e. The first-order valence-electron chi connectivity index (χ1n) is 7.50. The van der Waals surface area contributed by atoms with E-state index in [0.29, 0.717) is 12.1 Å². The molecular formula is C17H23N3O2. The van der Waals surface area contributed by atoms with E-state index in [2.05, 4.69) is 10.4 Å². The summed E-state index contributed by atoms with van der Waals surface area (Å²) in [5.41, 5.74) is 4.04. The van der Waals surface area contributed by atoms with Crippen LogP contribution in [-0.2, 0) is 18.3 Å². The lowest BCUT2D eigenvalue weighted by Gasteiger charge is -2.11. The van der Waals surface area contributed by atoms with Crippen LogP contribution in [0.5, 0.6) is 0 Å². The highest BCUT2D eigenvalue weighted by atomic mass is 16.3. The van der Waals surface area contributed by atoms with Gasteiger partial charge in [0.25, 0.3) is 5.91 Å². The van der Waals surface area contributed by atoms with Crippen LogP contribution in [0.1, 0.15) is 35.0 Å². The van der Waals surface area contributed by atoms with Crippen molar-refractivity contribution in [1.82, 2.24) is 15.1 Å². The van der Waals surface area contributed by atoms with Gasteiger partial charge in [-0.2, -0.15) is 5.10 Å². The molecule has 2 rings (SSSR count). The number of aromatic nitrogens is 2. The highest BCUT2D eigenvalue weighted by Gasteiger charge is 2.16. The van der Waals surface area contributed by atoms with E-state index in [-0.39, 0.29) is 5.91 Å². The third-order valence-corrected chi connectivity index (χ3v) is 3.93. The number of carbonyl (C=O) groups is 1. The maximum atomic E-state index is 11.9. The van der Waals surface area contributed by atoms with Crippen LogP contribution in [0.3, 0.4) is 0 Å². The standard InChI is InChI=1S/C17H23N3O2/c1-12-15(13(2)20(3)19-12)10-7-11-18-17(22)16(21)14-8-5-4-6-9-14/h4-6,8-9,16,21H,7,10-11H2,1-3H3,(H,18,22)/t16-/m0/s1. The van der Waals surface area contributed by atoms with Gasteiger partial charge in [-0.25, -0.2) is 0 Å². The van der Waals surface area contributed by atoms with E-state index in [9.17, 15) is 9.90 Å². The molecule has 2 aromatic rings. The largest absolute Gasteiger partial charge is 0.378 e. The molecule has 0 aliphatic rings. The van der Waals surface area contributed by atoms with E-state index in [1.165, 1.54) is 5.56 Å². The second-order valence-electron chi connectivity index (χ2n) is 5.48. The van der Waals surface area contributed by atoms with E-state index in [1.807, 2.05) is 31.6 Å². The average Bonchev–Trinajstić information content (AvgIpc) is 2.77. The summed E-state index contributed by atoms with van der Waals surface area (Å²) in [5, 5.41) is 17.1. The summed E-state index contributed by atoms with van der Waals surface area (Å²) in [5.74, 6) is -0.356. The van der Waals surface area contributed by atoms with E-state index >= 15 is 0 Å². The number of nitrogens with one attached hydrogen (secondary N) is 1. The molecule has 0 saturated heterocycles. The van der Waals surface area contributed by atoms with Gasteiger partial charge in [-0.3, -0.25) is 9.48 Å². The van der Waals surface area contributed by atoms with Gasteiger partial charge >= 0.3 is 0 Å². The zero-order valence-electron chi connectivity index (χ0n) is 13.3. The fourth-order valence-corrected chi connectivity index (χ4v) is 2.54. The molecule has 0 radical (unpaired) electrons. The van der Waals surface area contributed by atoms with E-state index in [1.54, 1.807) is 24.3 Å². The van der Waals surface area contributed by atoms with Crippen LogP contribution < -0.4 is 5.32 Å². The van der Waals surface area contributed by atoms with Gasteiger partial charge in [0.15, 0.2) is 6.10 Å². The second kappa shape index (κ2) is 7.22. The van der Waals surface area contributed by atoms with Crippen molar-refractivity contribution < 1.29 is 9.90 Å². The van der Waals surface area contributed by atoms with Crippen molar-refractivity contribution in [3.8, 4) is 0 Å². The zero-order valence-corrected chi connectivity index (χ0v) is 13.3. The molecule has 1 amide bonds. The first-order valence-corrected chi connectivity index (χ1v) is 7.50. The predicted octanol–water partition coefficient (Wildman–Crippen LogP) is 1.82. The Labute approximate surface area is 131 Å². The Kier molecular flexibility index (Phi) is 5.33. The summed E-state index contributed by atoms with van der Waals surface area (Å²) in [6.45, 7) is 4.59. The van der Waals surface area contributed by atoms with Crippen LogP contribution in [0.25, 0.3) is 0 Å². The van der Waals surface area contributed by atoms with Crippen molar-refractivity contribution in [1.29, 1.82) is 0 Å². The first kappa shape index (κ1) is 16.2. The molecule has 1 heterocycles. The molecule has 1 atom stereocenters. The number of nitrogens with zero attached hydrogens (tertiary/aromatic N) is 2. The highest BCUT2D eigenvalue weighted by Crippen LogP contribution is 2.14. The number of aryl methyl sites for hydroxylation is 2. The van der Waals surface area contributed by atoms with Crippen LogP contribution in [0.4, 0.5) is 0 Å². The molecule has 5 nitrogen and oxygen atoms in total. The second-order valence-corrected chi connectivity index (χ2v) is 5.48. The molecule has 0 unspecified atom stereocenters. The monoisotopic (exact) mass is 301 g/mol. The number of rotatable bonds is 6. The lowest BCUT2D eigenvalue weighted by molar-refractivity contribution is -0.129. The van der Waals surface area contributed by atoms with Gasteiger partial charge in [0, 0.05) is 19.3 Å². The van der Waals surface area contributed by atoms with Crippen molar-refractivity contribution >= 4 is 5.91 Å². The summed E-state index contributed by atoms with van der Waals surface area (Å²) >= 11 is 0. The number of amides is 1. The number of hydrogen-bond acceptors (Lipinski definition) is 3. The third-order valence-electron chi connectivity index (χ3n) is 3.93. The summed E-state index contributed by atoms with van der Waals surface area (Å²) in [6.07, 6.45) is 0.580. The predicted molar refractivity (Wildman–Crippen MR) is 85.4 cm³/mol. The van der Waals surface area contributed by atoms with Gasteiger partial charge in [0.1, 0.15) is 0 Å². The van der Waals surface area contributed by atoms with E-state index < -0.39 is 6.10 Å². The number of benzene rings is 1.